The fraction of sp³-hybridized carbons (Fsp3) is 0.500. The van der Waals surface area contributed by atoms with Gasteiger partial charge in [0.15, 0.2) is 5.78 Å². The number of aliphatic carboxylic acids is 1. The smallest absolute Gasteiger partial charge is 0.326 e. The Hall–Kier alpha value is -2.70. The van der Waals surface area contributed by atoms with E-state index in [-0.39, 0.29) is 43.5 Å². The molecule has 0 aromatic heterocycles. The number of hydrogen-bond donors (Lipinski definition) is 2. The maximum atomic E-state index is 12.7. The fourth-order valence-corrected chi connectivity index (χ4v) is 2.75. The van der Waals surface area contributed by atoms with Crippen LogP contribution in [0.15, 0.2) is 30.3 Å². The molecule has 27 heavy (non-hydrogen) atoms. The minimum Gasteiger partial charge on any atom is -0.480 e. The van der Waals surface area contributed by atoms with Crippen molar-refractivity contribution in [3.05, 3.63) is 35.9 Å². The quantitative estimate of drug-likeness (QED) is 0.609. The highest BCUT2D eigenvalue weighted by Crippen LogP contribution is 2.28. The maximum absolute atomic E-state index is 12.7. The van der Waals surface area contributed by atoms with E-state index in [0.29, 0.717) is 5.56 Å². The molecule has 0 heterocycles. The van der Waals surface area contributed by atoms with E-state index in [1.807, 2.05) is 19.9 Å². The van der Waals surface area contributed by atoms with Gasteiger partial charge < -0.3 is 15.3 Å². The van der Waals surface area contributed by atoms with Crippen LogP contribution in [-0.2, 0) is 14.4 Å². The van der Waals surface area contributed by atoms with Crippen LogP contribution in [0, 0.1) is 5.41 Å². The molecule has 0 spiro atoms. The van der Waals surface area contributed by atoms with Crippen molar-refractivity contribution in [1.82, 2.24) is 10.2 Å². The number of carbonyl (C=O) groups excluding carboxylic acids is 3. The first kappa shape index (κ1) is 22.3. The molecule has 0 aliphatic rings. The topological polar surface area (TPSA) is 104 Å². The lowest BCUT2D eigenvalue weighted by Gasteiger charge is -2.31. The third-order valence-corrected chi connectivity index (χ3v) is 4.24. The van der Waals surface area contributed by atoms with Gasteiger partial charge in [-0.1, -0.05) is 44.2 Å². The molecule has 0 saturated heterocycles. The summed E-state index contributed by atoms with van der Waals surface area (Å²) in [6.45, 7) is 6.66. The molecule has 7 nitrogen and oxygen atoms in total. The molecule has 7 heteroatoms. The van der Waals surface area contributed by atoms with Crippen molar-refractivity contribution in [2.75, 3.05) is 13.1 Å². The number of carboxylic acids is 1. The largest absolute Gasteiger partial charge is 0.480 e. The molecule has 1 unspecified atom stereocenters. The van der Waals surface area contributed by atoms with Gasteiger partial charge in [0.1, 0.15) is 6.04 Å². The summed E-state index contributed by atoms with van der Waals surface area (Å²) < 4.78 is 0. The monoisotopic (exact) mass is 376 g/mol. The first-order valence-corrected chi connectivity index (χ1v) is 8.88. The average Bonchev–Trinajstić information content (AvgIpc) is 2.57. The van der Waals surface area contributed by atoms with Crippen LogP contribution in [0.1, 0.15) is 50.9 Å². The molecule has 2 N–H and O–H groups in total. The van der Waals surface area contributed by atoms with Gasteiger partial charge in [0.25, 0.3) is 0 Å². The van der Waals surface area contributed by atoms with Crippen LogP contribution in [0.4, 0.5) is 0 Å². The zero-order valence-corrected chi connectivity index (χ0v) is 16.3. The third-order valence-electron chi connectivity index (χ3n) is 4.24. The van der Waals surface area contributed by atoms with Crippen LogP contribution in [-0.4, -0.2) is 52.7 Å². The molecule has 0 aliphatic carbocycles. The van der Waals surface area contributed by atoms with E-state index in [2.05, 4.69) is 5.32 Å². The van der Waals surface area contributed by atoms with Gasteiger partial charge in [0, 0.05) is 38.4 Å². The minimum absolute atomic E-state index is 0.0310. The second kappa shape index (κ2) is 9.85. The number of rotatable bonds is 10. The second-order valence-corrected chi connectivity index (χ2v) is 7.39. The number of benzene rings is 1. The lowest BCUT2D eigenvalue weighted by Crippen LogP contribution is -2.47. The second-order valence-electron chi connectivity index (χ2n) is 7.39. The molecule has 148 valence electrons. The fourth-order valence-electron chi connectivity index (χ4n) is 2.75. The summed E-state index contributed by atoms with van der Waals surface area (Å²) in [5.74, 6) is -1.80. The predicted octanol–water partition coefficient (Wildman–Crippen LogP) is 2.11. The molecule has 1 rings (SSSR count). The Kier molecular flexibility index (Phi) is 8.15. The van der Waals surface area contributed by atoms with Crippen molar-refractivity contribution in [2.45, 2.75) is 46.6 Å². The normalized spacial score (nSPS) is 12.1. The van der Waals surface area contributed by atoms with Crippen LogP contribution < -0.4 is 5.32 Å². The van der Waals surface area contributed by atoms with Crippen molar-refractivity contribution in [2.24, 2.45) is 5.41 Å². The standard InChI is InChI=1S/C20H28N2O5/c1-14(19(26)27)22(11-10-21-15(2)23)18(25)13-20(3,4)12-17(24)16-8-6-5-7-9-16/h5-9,14H,10-13H2,1-4H3,(H,21,23)(H,26,27). The lowest BCUT2D eigenvalue weighted by molar-refractivity contribution is -0.150. The Morgan fingerprint density at radius 2 is 1.70 bits per heavy atom. The first-order chi connectivity index (χ1) is 12.5. The number of hydrogen-bond acceptors (Lipinski definition) is 4. The maximum Gasteiger partial charge on any atom is 0.326 e. The zero-order chi connectivity index (χ0) is 20.6. The number of carboxylic acid groups (broad SMARTS) is 1. The minimum atomic E-state index is -1.12. The summed E-state index contributed by atoms with van der Waals surface area (Å²) in [5.41, 5.74) is -0.0477. The molecule has 0 fully saturated rings. The third kappa shape index (κ3) is 7.60. The van der Waals surface area contributed by atoms with Gasteiger partial charge in [-0.15, -0.1) is 0 Å². The van der Waals surface area contributed by atoms with Crippen molar-refractivity contribution < 1.29 is 24.3 Å². The number of nitrogens with zero attached hydrogens (tertiary/aromatic N) is 1. The summed E-state index contributed by atoms with van der Waals surface area (Å²) in [6.07, 6.45) is 0.201. The van der Waals surface area contributed by atoms with Gasteiger partial charge in [0.2, 0.25) is 11.8 Å². The molecule has 2 amide bonds. The number of amides is 2. The number of carbonyl (C=O) groups is 4. The molecule has 1 aromatic rings. The van der Waals surface area contributed by atoms with Crippen LogP contribution in [0.3, 0.4) is 0 Å². The SMILES string of the molecule is CC(=O)NCCN(C(=O)CC(C)(C)CC(=O)c1ccccc1)C(C)C(=O)O. The van der Waals surface area contributed by atoms with Crippen LogP contribution >= 0.6 is 0 Å². The first-order valence-electron chi connectivity index (χ1n) is 8.88. The molecular formula is C20H28N2O5. The molecule has 1 aromatic carbocycles. The summed E-state index contributed by atoms with van der Waals surface area (Å²) in [5, 5.41) is 11.8. The average molecular weight is 376 g/mol. The van der Waals surface area contributed by atoms with E-state index in [1.165, 1.54) is 18.7 Å². The highest BCUT2D eigenvalue weighted by atomic mass is 16.4. The van der Waals surface area contributed by atoms with E-state index in [4.69, 9.17) is 0 Å². The number of nitrogens with one attached hydrogen (secondary N) is 1. The summed E-state index contributed by atoms with van der Waals surface area (Å²) in [6, 6.07) is 7.82. The van der Waals surface area contributed by atoms with Crippen molar-refractivity contribution in [3.8, 4) is 0 Å². The number of Topliss-reactive ketones (excluding diaryl/α,β-unsaturated/α-hetero) is 1. The van der Waals surface area contributed by atoms with Gasteiger partial charge in [-0.2, -0.15) is 0 Å². The Morgan fingerprint density at radius 3 is 2.22 bits per heavy atom. The van der Waals surface area contributed by atoms with Gasteiger partial charge in [-0.05, 0) is 12.3 Å². The Balaban J connectivity index is 2.80. The summed E-state index contributed by atoms with van der Waals surface area (Å²) in [7, 11) is 0. The van der Waals surface area contributed by atoms with E-state index in [9.17, 15) is 24.3 Å². The van der Waals surface area contributed by atoms with E-state index in [0.717, 1.165) is 0 Å². The van der Waals surface area contributed by atoms with Gasteiger partial charge >= 0.3 is 5.97 Å². The van der Waals surface area contributed by atoms with Gasteiger partial charge in [-0.3, -0.25) is 14.4 Å². The van der Waals surface area contributed by atoms with Crippen molar-refractivity contribution >= 4 is 23.6 Å². The van der Waals surface area contributed by atoms with E-state index < -0.39 is 17.4 Å². The molecular weight excluding hydrogens is 348 g/mol. The Morgan fingerprint density at radius 1 is 1.11 bits per heavy atom. The lowest BCUT2D eigenvalue weighted by atomic mass is 9.82. The molecule has 0 radical (unpaired) electrons. The highest BCUT2D eigenvalue weighted by Gasteiger charge is 2.31. The number of ketones is 1. The molecule has 1 atom stereocenters. The van der Waals surface area contributed by atoms with Crippen molar-refractivity contribution in [1.29, 1.82) is 0 Å². The molecule has 0 saturated carbocycles. The summed E-state index contributed by atoms with van der Waals surface area (Å²) in [4.78, 5) is 48.8. The van der Waals surface area contributed by atoms with Crippen LogP contribution in [0.5, 0.6) is 0 Å². The summed E-state index contributed by atoms with van der Waals surface area (Å²) >= 11 is 0. The van der Waals surface area contributed by atoms with Crippen molar-refractivity contribution in [3.63, 3.8) is 0 Å². The van der Waals surface area contributed by atoms with Crippen LogP contribution in [0.25, 0.3) is 0 Å². The van der Waals surface area contributed by atoms with E-state index >= 15 is 0 Å². The Labute approximate surface area is 159 Å². The molecule has 0 bridgehead atoms. The van der Waals surface area contributed by atoms with Crippen LogP contribution in [0.2, 0.25) is 0 Å². The molecule has 0 aliphatic heterocycles. The predicted molar refractivity (Wildman–Crippen MR) is 101 cm³/mol. The van der Waals surface area contributed by atoms with E-state index in [1.54, 1.807) is 24.3 Å². The zero-order valence-electron chi connectivity index (χ0n) is 16.3. The van der Waals surface area contributed by atoms with Gasteiger partial charge in [-0.25, -0.2) is 4.79 Å². The van der Waals surface area contributed by atoms with Gasteiger partial charge in [0.05, 0.1) is 0 Å². The highest BCUT2D eigenvalue weighted by molar-refractivity contribution is 5.96. The Bertz CT molecular complexity index is 685.